The normalized spacial score (nSPS) is 24.0. The maximum absolute atomic E-state index is 5.62. The molecule has 146 valence electrons. The first kappa shape index (κ1) is 20.5. The number of aliphatic imine (C=N–C) groups is 1. The molecule has 25 heavy (non-hydrogen) atoms. The van der Waals surface area contributed by atoms with Gasteiger partial charge in [-0.25, -0.2) is 0 Å². The standard InChI is InChI=1S/C20H40N4O/c1-4-12-24-13-8-18(16-24)15-22-19(21-3)23-17-20(9-6-7-10-20)11-14-25-5-2/h18H,4-17H2,1-3H3,(H2,21,22,23). The molecule has 2 N–H and O–H groups in total. The van der Waals surface area contributed by atoms with Crippen LogP contribution in [0.1, 0.15) is 58.8 Å². The first-order chi connectivity index (χ1) is 12.2. The van der Waals surface area contributed by atoms with Crippen LogP contribution in [-0.4, -0.2) is 63.8 Å². The summed E-state index contributed by atoms with van der Waals surface area (Å²) in [6.45, 7) is 11.8. The van der Waals surface area contributed by atoms with Gasteiger partial charge in [-0.05, 0) is 63.5 Å². The van der Waals surface area contributed by atoms with E-state index in [0.717, 1.165) is 38.2 Å². The van der Waals surface area contributed by atoms with Crippen molar-refractivity contribution in [3.8, 4) is 0 Å². The molecule has 0 spiro atoms. The molecule has 1 saturated carbocycles. The van der Waals surface area contributed by atoms with Crippen LogP contribution in [0.15, 0.2) is 4.99 Å². The lowest BCUT2D eigenvalue weighted by Crippen LogP contribution is -2.45. The van der Waals surface area contributed by atoms with Crippen molar-refractivity contribution in [2.24, 2.45) is 16.3 Å². The molecule has 5 heteroatoms. The number of nitrogens with one attached hydrogen (secondary N) is 2. The molecule has 0 aromatic carbocycles. The molecule has 0 radical (unpaired) electrons. The number of ether oxygens (including phenoxy) is 1. The minimum absolute atomic E-state index is 0.401. The van der Waals surface area contributed by atoms with Gasteiger partial charge in [0.05, 0.1) is 0 Å². The third-order valence-electron chi connectivity index (χ3n) is 5.97. The van der Waals surface area contributed by atoms with Gasteiger partial charge in [0, 0.05) is 39.9 Å². The summed E-state index contributed by atoms with van der Waals surface area (Å²) in [6.07, 6.45) is 9.08. The van der Waals surface area contributed by atoms with Gasteiger partial charge < -0.3 is 20.3 Å². The van der Waals surface area contributed by atoms with Crippen LogP contribution >= 0.6 is 0 Å². The van der Waals surface area contributed by atoms with Crippen molar-refractivity contribution in [3.05, 3.63) is 0 Å². The maximum atomic E-state index is 5.62. The summed E-state index contributed by atoms with van der Waals surface area (Å²) in [5.41, 5.74) is 0.401. The Balaban J connectivity index is 1.71. The van der Waals surface area contributed by atoms with Crippen molar-refractivity contribution in [1.29, 1.82) is 0 Å². The van der Waals surface area contributed by atoms with Gasteiger partial charge in [0.15, 0.2) is 5.96 Å². The van der Waals surface area contributed by atoms with E-state index in [1.54, 1.807) is 0 Å². The third kappa shape index (κ3) is 6.78. The van der Waals surface area contributed by atoms with Gasteiger partial charge in [0.2, 0.25) is 0 Å². The van der Waals surface area contributed by atoms with Crippen LogP contribution in [0.5, 0.6) is 0 Å². The smallest absolute Gasteiger partial charge is 0.191 e. The number of likely N-dealkylation sites (tertiary alicyclic amines) is 1. The Morgan fingerprint density at radius 2 is 2.04 bits per heavy atom. The van der Waals surface area contributed by atoms with Crippen molar-refractivity contribution in [2.75, 3.05) is 53.0 Å². The van der Waals surface area contributed by atoms with Crippen LogP contribution in [0.3, 0.4) is 0 Å². The third-order valence-corrected chi connectivity index (χ3v) is 5.97. The number of guanidine groups is 1. The quantitative estimate of drug-likeness (QED) is 0.361. The Kier molecular flexibility index (Phi) is 9.04. The number of nitrogens with zero attached hydrogens (tertiary/aromatic N) is 2. The largest absolute Gasteiger partial charge is 0.382 e. The van der Waals surface area contributed by atoms with Crippen LogP contribution in [0.25, 0.3) is 0 Å². The highest BCUT2D eigenvalue weighted by molar-refractivity contribution is 5.79. The van der Waals surface area contributed by atoms with Crippen molar-refractivity contribution >= 4 is 5.96 Å². The molecule has 2 aliphatic rings. The summed E-state index contributed by atoms with van der Waals surface area (Å²) < 4.78 is 5.62. The maximum Gasteiger partial charge on any atom is 0.191 e. The Bertz CT molecular complexity index is 393. The van der Waals surface area contributed by atoms with Gasteiger partial charge in [-0.15, -0.1) is 0 Å². The summed E-state index contributed by atoms with van der Waals surface area (Å²) >= 11 is 0. The van der Waals surface area contributed by atoms with Crippen LogP contribution in [-0.2, 0) is 4.74 Å². The minimum atomic E-state index is 0.401. The predicted octanol–water partition coefficient (Wildman–Crippen LogP) is 2.87. The van der Waals surface area contributed by atoms with Crippen molar-refractivity contribution in [3.63, 3.8) is 0 Å². The molecule has 2 rings (SSSR count). The average Bonchev–Trinajstić information content (AvgIpc) is 3.26. The molecule has 0 bridgehead atoms. The lowest BCUT2D eigenvalue weighted by molar-refractivity contribution is 0.105. The molecule has 1 aliphatic carbocycles. The van der Waals surface area contributed by atoms with Gasteiger partial charge >= 0.3 is 0 Å². The summed E-state index contributed by atoms with van der Waals surface area (Å²) in [4.78, 5) is 7.03. The van der Waals surface area contributed by atoms with Crippen LogP contribution < -0.4 is 10.6 Å². The fourth-order valence-corrected chi connectivity index (χ4v) is 4.40. The summed E-state index contributed by atoms with van der Waals surface area (Å²) in [7, 11) is 1.88. The minimum Gasteiger partial charge on any atom is -0.382 e. The van der Waals surface area contributed by atoms with Gasteiger partial charge in [0.25, 0.3) is 0 Å². The SMILES string of the molecule is CCCN1CCC(CNC(=NC)NCC2(CCOCC)CCCC2)C1. The van der Waals surface area contributed by atoms with E-state index in [1.165, 1.54) is 64.6 Å². The van der Waals surface area contributed by atoms with E-state index in [0.29, 0.717) is 5.41 Å². The van der Waals surface area contributed by atoms with Gasteiger partial charge in [-0.1, -0.05) is 19.8 Å². The van der Waals surface area contributed by atoms with E-state index in [2.05, 4.69) is 34.4 Å². The Morgan fingerprint density at radius 3 is 2.72 bits per heavy atom. The zero-order chi connectivity index (χ0) is 18.0. The van der Waals surface area contributed by atoms with Gasteiger partial charge in [-0.3, -0.25) is 4.99 Å². The first-order valence-electron chi connectivity index (χ1n) is 10.5. The van der Waals surface area contributed by atoms with Crippen molar-refractivity contribution in [1.82, 2.24) is 15.5 Å². The van der Waals surface area contributed by atoms with Crippen molar-refractivity contribution in [2.45, 2.75) is 58.8 Å². The summed E-state index contributed by atoms with van der Waals surface area (Å²) in [5, 5.41) is 7.17. The molecular weight excluding hydrogens is 312 g/mol. The second-order valence-corrected chi connectivity index (χ2v) is 7.92. The molecule has 0 aromatic heterocycles. The number of rotatable bonds is 10. The molecule has 1 atom stereocenters. The zero-order valence-electron chi connectivity index (χ0n) is 16.8. The average molecular weight is 353 g/mol. The fraction of sp³-hybridized carbons (Fsp3) is 0.950. The highest BCUT2D eigenvalue weighted by Crippen LogP contribution is 2.40. The molecule has 1 heterocycles. The molecule has 1 unspecified atom stereocenters. The molecule has 0 amide bonds. The molecule has 1 aliphatic heterocycles. The van der Waals surface area contributed by atoms with Gasteiger partial charge in [-0.2, -0.15) is 0 Å². The van der Waals surface area contributed by atoms with Gasteiger partial charge in [0.1, 0.15) is 0 Å². The lowest BCUT2D eigenvalue weighted by atomic mass is 9.83. The van der Waals surface area contributed by atoms with E-state index in [-0.39, 0.29) is 0 Å². The second-order valence-electron chi connectivity index (χ2n) is 7.92. The van der Waals surface area contributed by atoms with E-state index in [4.69, 9.17) is 4.74 Å². The topological polar surface area (TPSA) is 48.9 Å². The number of hydrogen-bond acceptors (Lipinski definition) is 3. The molecule has 0 aromatic rings. The lowest BCUT2D eigenvalue weighted by Gasteiger charge is -2.30. The highest BCUT2D eigenvalue weighted by atomic mass is 16.5. The van der Waals surface area contributed by atoms with E-state index >= 15 is 0 Å². The monoisotopic (exact) mass is 352 g/mol. The van der Waals surface area contributed by atoms with E-state index in [9.17, 15) is 0 Å². The van der Waals surface area contributed by atoms with E-state index < -0.39 is 0 Å². The Labute approximate surface area is 155 Å². The first-order valence-corrected chi connectivity index (χ1v) is 10.5. The second kappa shape index (κ2) is 11.0. The van der Waals surface area contributed by atoms with Crippen LogP contribution in [0.2, 0.25) is 0 Å². The summed E-state index contributed by atoms with van der Waals surface area (Å²) in [6, 6.07) is 0. The predicted molar refractivity (Wildman–Crippen MR) is 106 cm³/mol. The molecule has 1 saturated heterocycles. The summed E-state index contributed by atoms with van der Waals surface area (Å²) in [5.74, 6) is 1.72. The van der Waals surface area contributed by atoms with Crippen molar-refractivity contribution < 1.29 is 4.74 Å². The number of hydrogen-bond donors (Lipinski definition) is 2. The zero-order valence-corrected chi connectivity index (χ0v) is 16.8. The van der Waals surface area contributed by atoms with Crippen LogP contribution in [0.4, 0.5) is 0 Å². The molecular formula is C20H40N4O. The Morgan fingerprint density at radius 1 is 1.24 bits per heavy atom. The Hall–Kier alpha value is -0.810. The fourth-order valence-electron chi connectivity index (χ4n) is 4.40. The molecule has 2 fully saturated rings. The van der Waals surface area contributed by atoms with Crippen LogP contribution in [0, 0.1) is 11.3 Å². The highest BCUT2D eigenvalue weighted by Gasteiger charge is 2.33. The van der Waals surface area contributed by atoms with E-state index in [1.807, 2.05) is 7.05 Å². The molecule has 5 nitrogen and oxygen atoms in total.